The fourth-order valence-corrected chi connectivity index (χ4v) is 3.00. The summed E-state index contributed by atoms with van der Waals surface area (Å²) in [5.74, 6) is 0.808. The Morgan fingerprint density at radius 1 is 1.07 bits per heavy atom. The lowest BCUT2D eigenvalue weighted by atomic mass is 10.1. The molecule has 0 aromatic rings. The molecular formula is C21H43IN4O3. The predicted molar refractivity (Wildman–Crippen MR) is 130 cm³/mol. The van der Waals surface area contributed by atoms with Crippen LogP contribution in [0.4, 0.5) is 0 Å². The maximum atomic E-state index is 11.7. The summed E-state index contributed by atoms with van der Waals surface area (Å²) in [6.45, 7) is 15.3. The zero-order valence-corrected chi connectivity index (χ0v) is 21.3. The van der Waals surface area contributed by atoms with Crippen LogP contribution in [0.3, 0.4) is 0 Å². The molecule has 29 heavy (non-hydrogen) atoms. The van der Waals surface area contributed by atoms with E-state index in [9.17, 15) is 4.79 Å². The van der Waals surface area contributed by atoms with E-state index in [1.54, 1.807) is 0 Å². The summed E-state index contributed by atoms with van der Waals surface area (Å²) in [5, 5.41) is 6.71. The van der Waals surface area contributed by atoms with Crippen molar-refractivity contribution >= 4 is 35.9 Å². The molecule has 2 N–H and O–H groups in total. The third kappa shape index (κ3) is 16.8. The number of guanidine groups is 1. The molecule has 0 spiro atoms. The van der Waals surface area contributed by atoms with Gasteiger partial charge in [0.2, 0.25) is 0 Å². The molecule has 1 fully saturated rings. The Balaban J connectivity index is 0.00000784. The van der Waals surface area contributed by atoms with E-state index >= 15 is 0 Å². The standard InChI is InChI=1S/C21H42N4O3.HI/c1-5-22-20(24-13-10-14-25-15-17-27-18-16-25)23-12-9-7-6-8-11-19(26)28-21(2,3)4;/h5-18H2,1-4H3,(H2,22,23,24);1H. The lowest BCUT2D eigenvalue weighted by Crippen LogP contribution is -2.38. The van der Waals surface area contributed by atoms with Crippen LogP contribution in [0, 0.1) is 0 Å². The summed E-state index contributed by atoms with van der Waals surface area (Å²) >= 11 is 0. The van der Waals surface area contributed by atoms with E-state index in [2.05, 4.69) is 27.4 Å². The number of morpholine rings is 1. The number of hydrogen-bond donors (Lipinski definition) is 2. The number of ether oxygens (including phenoxy) is 2. The first-order valence-corrected chi connectivity index (χ1v) is 10.9. The first-order valence-electron chi connectivity index (χ1n) is 10.9. The Morgan fingerprint density at radius 2 is 1.76 bits per heavy atom. The van der Waals surface area contributed by atoms with Crippen molar-refractivity contribution in [2.24, 2.45) is 4.99 Å². The van der Waals surface area contributed by atoms with E-state index in [0.29, 0.717) is 6.42 Å². The highest BCUT2D eigenvalue weighted by Crippen LogP contribution is 2.11. The van der Waals surface area contributed by atoms with Gasteiger partial charge in [0.05, 0.1) is 13.2 Å². The first kappa shape index (κ1) is 28.4. The van der Waals surface area contributed by atoms with Crippen LogP contribution in [-0.4, -0.2) is 74.9 Å². The number of esters is 1. The number of aliphatic imine (C=N–C) groups is 1. The van der Waals surface area contributed by atoms with Gasteiger partial charge in [-0.25, -0.2) is 0 Å². The molecular weight excluding hydrogens is 483 g/mol. The second-order valence-electron chi connectivity index (χ2n) is 8.25. The molecule has 0 amide bonds. The highest BCUT2D eigenvalue weighted by molar-refractivity contribution is 14.0. The SMILES string of the molecule is CCNC(=NCCCN1CCOCC1)NCCCCCCC(=O)OC(C)(C)C.I. The molecule has 1 aliphatic rings. The molecule has 8 heteroatoms. The number of carbonyl (C=O) groups is 1. The van der Waals surface area contributed by atoms with Crippen LogP contribution < -0.4 is 10.6 Å². The van der Waals surface area contributed by atoms with Crippen molar-refractivity contribution in [1.29, 1.82) is 0 Å². The van der Waals surface area contributed by atoms with Gasteiger partial charge in [-0.2, -0.15) is 0 Å². The van der Waals surface area contributed by atoms with E-state index < -0.39 is 0 Å². The summed E-state index contributed by atoms with van der Waals surface area (Å²) in [5.41, 5.74) is -0.384. The summed E-state index contributed by atoms with van der Waals surface area (Å²) in [6, 6.07) is 0. The summed E-state index contributed by atoms with van der Waals surface area (Å²) < 4.78 is 10.7. The highest BCUT2D eigenvalue weighted by atomic mass is 127. The fraction of sp³-hybridized carbons (Fsp3) is 0.905. The lowest BCUT2D eigenvalue weighted by molar-refractivity contribution is -0.154. The molecule has 1 aliphatic heterocycles. The molecule has 1 saturated heterocycles. The number of nitrogens with zero attached hydrogens (tertiary/aromatic N) is 2. The quantitative estimate of drug-likeness (QED) is 0.134. The summed E-state index contributed by atoms with van der Waals surface area (Å²) in [4.78, 5) is 18.8. The number of carbonyl (C=O) groups excluding carboxylic acids is 1. The molecule has 172 valence electrons. The number of halogens is 1. The molecule has 0 radical (unpaired) electrons. The minimum Gasteiger partial charge on any atom is -0.460 e. The van der Waals surface area contributed by atoms with Crippen LogP contribution in [0.2, 0.25) is 0 Å². The van der Waals surface area contributed by atoms with E-state index in [4.69, 9.17) is 9.47 Å². The van der Waals surface area contributed by atoms with Crippen LogP contribution in [0.1, 0.15) is 66.2 Å². The minimum atomic E-state index is -0.384. The van der Waals surface area contributed by atoms with Crippen molar-refractivity contribution in [2.75, 3.05) is 52.5 Å². The van der Waals surface area contributed by atoms with Gasteiger partial charge >= 0.3 is 5.97 Å². The van der Waals surface area contributed by atoms with E-state index in [-0.39, 0.29) is 35.5 Å². The molecule has 1 rings (SSSR count). The van der Waals surface area contributed by atoms with Gasteiger partial charge in [0.1, 0.15) is 5.60 Å². The number of nitrogens with one attached hydrogen (secondary N) is 2. The van der Waals surface area contributed by atoms with Gasteiger partial charge in [-0.05, 0) is 47.0 Å². The maximum Gasteiger partial charge on any atom is 0.306 e. The van der Waals surface area contributed by atoms with Crippen molar-refractivity contribution in [3.8, 4) is 0 Å². The van der Waals surface area contributed by atoms with E-state index in [0.717, 1.165) is 90.5 Å². The Labute approximate surface area is 194 Å². The Morgan fingerprint density at radius 3 is 2.41 bits per heavy atom. The smallest absolute Gasteiger partial charge is 0.306 e. The summed E-state index contributed by atoms with van der Waals surface area (Å²) in [7, 11) is 0. The second-order valence-corrected chi connectivity index (χ2v) is 8.25. The van der Waals surface area contributed by atoms with Gasteiger partial charge in [0.15, 0.2) is 5.96 Å². The lowest BCUT2D eigenvalue weighted by Gasteiger charge is -2.26. The zero-order valence-electron chi connectivity index (χ0n) is 18.9. The average molecular weight is 527 g/mol. The van der Waals surface area contributed by atoms with Crippen molar-refractivity contribution in [1.82, 2.24) is 15.5 Å². The van der Waals surface area contributed by atoms with Crippen LogP contribution >= 0.6 is 24.0 Å². The Kier molecular flexibility index (Phi) is 16.7. The monoisotopic (exact) mass is 526 g/mol. The number of unbranched alkanes of at least 4 members (excludes halogenated alkanes) is 3. The highest BCUT2D eigenvalue weighted by Gasteiger charge is 2.15. The molecule has 0 aromatic carbocycles. The third-order valence-electron chi connectivity index (χ3n) is 4.37. The van der Waals surface area contributed by atoms with Crippen molar-refractivity contribution < 1.29 is 14.3 Å². The molecule has 0 unspecified atom stereocenters. The van der Waals surface area contributed by atoms with Crippen LogP contribution in [0.25, 0.3) is 0 Å². The van der Waals surface area contributed by atoms with Gasteiger partial charge in [0.25, 0.3) is 0 Å². The van der Waals surface area contributed by atoms with Gasteiger partial charge in [-0.1, -0.05) is 12.8 Å². The van der Waals surface area contributed by atoms with Crippen molar-refractivity contribution in [2.45, 2.75) is 71.8 Å². The Hall–Kier alpha value is -0.610. The van der Waals surface area contributed by atoms with Gasteiger partial charge < -0.3 is 20.1 Å². The zero-order chi connectivity index (χ0) is 20.7. The summed E-state index contributed by atoms with van der Waals surface area (Å²) in [6.07, 6.45) is 5.71. The largest absolute Gasteiger partial charge is 0.460 e. The van der Waals surface area contributed by atoms with Crippen LogP contribution in [-0.2, 0) is 14.3 Å². The molecule has 0 aromatic heterocycles. The average Bonchev–Trinajstić information content (AvgIpc) is 2.63. The van der Waals surface area contributed by atoms with Crippen molar-refractivity contribution in [3.63, 3.8) is 0 Å². The molecule has 7 nitrogen and oxygen atoms in total. The van der Waals surface area contributed by atoms with E-state index in [1.165, 1.54) is 0 Å². The number of rotatable bonds is 12. The van der Waals surface area contributed by atoms with Gasteiger partial charge in [-0.3, -0.25) is 14.7 Å². The molecule has 0 atom stereocenters. The number of hydrogen-bond acceptors (Lipinski definition) is 5. The van der Waals surface area contributed by atoms with Crippen molar-refractivity contribution in [3.05, 3.63) is 0 Å². The third-order valence-corrected chi connectivity index (χ3v) is 4.37. The molecule has 1 heterocycles. The topological polar surface area (TPSA) is 75.2 Å². The minimum absolute atomic E-state index is 0. The second kappa shape index (κ2) is 17.1. The van der Waals surface area contributed by atoms with E-state index in [1.807, 2.05) is 20.8 Å². The van der Waals surface area contributed by atoms with Gasteiger partial charge in [0, 0.05) is 45.7 Å². The maximum absolute atomic E-state index is 11.7. The van der Waals surface area contributed by atoms with Crippen LogP contribution in [0.5, 0.6) is 0 Å². The Bertz CT molecular complexity index is 450. The van der Waals surface area contributed by atoms with Gasteiger partial charge in [-0.15, -0.1) is 24.0 Å². The predicted octanol–water partition coefficient (Wildman–Crippen LogP) is 3.17. The molecule has 0 aliphatic carbocycles. The molecule has 0 saturated carbocycles. The molecule has 0 bridgehead atoms. The first-order chi connectivity index (χ1) is 13.4. The van der Waals surface area contributed by atoms with Crippen LogP contribution in [0.15, 0.2) is 4.99 Å². The fourth-order valence-electron chi connectivity index (χ4n) is 3.00. The normalized spacial score (nSPS) is 15.5.